The number of fused-ring (bicyclic) bond motifs is 6. The molecular formula is C55H72F2N10O7S. The van der Waals surface area contributed by atoms with Crippen molar-refractivity contribution in [2.75, 3.05) is 78.5 Å². The molecule has 0 saturated carbocycles. The van der Waals surface area contributed by atoms with Gasteiger partial charge in [0, 0.05) is 113 Å². The average Bonchev–Trinajstić information content (AvgIpc) is 4.00. The number of hydrazine groups is 1. The third-order valence-corrected chi connectivity index (χ3v) is 16.7. The van der Waals surface area contributed by atoms with Gasteiger partial charge in [-0.2, -0.15) is 0 Å². The lowest BCUT2D eigenvalue weighted by molar-refractivity contribution is -0.156. The summed E-state index contributed by atoms with van der Waals surface area (Å²) < 4.78 is 44.8. The molecule has 5 aliphatic rings. The second kappa shape index (κ2) is 21.7. The number of thiazole rings is 1. The highest BCUT2D eigenvalue weighted by Crippen LogP contribution is 2.46. The molecule has 2 N–H and O–H groups in total. The molecule has 6 bridgehead atoms. The summed E-state index contributed by atoms with van der Waals surface area (Å²) in [7, 11) is 5.21. The number of nitrogens with zero attached hydrogens (tertiary/aromatic N) is 8. The van der Waals surface area contributed by atoms with Gasteiger partial charge in [-0.15, -0.1) is 11.3 Å². The van der Waals surface area contributed by atoms with Gasteiger partial charge in [-0.1, -0.05) is 34.3 Å². The summed E-state index contributed by atoms with van der Waals surface area (Å²) >= 11 is 1.37. The Morgan fingerprint density at radius 3 is 2.45 bits per heavy atom. The number of amides is 4. The van der Waals surface area contributed by atoms with Crippen molar-refractivity contribution >= 4 is 57.5 Å². The van der Waals surface area contributed by atoms with Gasteiger partial charge in [0.1, 0.15) is 18.1 Å². The number of aromatic nitrogens is 3. The third kappa shape index (κ3) is 10.9. The summed E-state index contributed by atoms with van der Waals surface area (Å²) in [5.41, 5.74) is 9.21. The lowest BCUT2D eigenvalue weighted by Gasteiger charge is -2.40. The van der Waals surface area contributed by atoms with Crippen molar-refractivity contribution in [3.8, 4) is 22.5 Å². The van der Waals surface area contributed by atoms with Gasteiger partial charge >= 0.3 is 5.97 Å². The number of rotatable bonds is 10. The first kappa shape index (κ1) is 54.0. The maximum Gasteiger partial charge on any atom is 0.324 e. The van der Waals surface area contributed by atoms with Crippen molar-refractivity contribution in [1.82, 2.24) is 45.0 Å². The zero-order chi connectivity index (χ0) is 53.7. The van der Waals surface area contributed by atoms with Crippen LogP contribution in [0, 0.1) is 11.3 Å². The second-order valence-electron chi connectivity index (χ2n) is 22.3. The minimum Gasteiger partial charge on any atom is -0.464 e. The molecule has 0 unspecified atom stereocenters. The normalized spacial score (nSPS) is 22.1. The minimum absolute atomic E-state index is 0.0199. The van der Waals surface area contributed by atoms with E-state index in [1.165, 1.54) is 29.0 Å². The van der Waals surface area contributed by atoms with Crippen molar-refractivity contribution in [3.63, 3.8) is 0 Å². The van der Waals surface area contributed by atoms with Gasteiger partial charge in [0.15, 0.2) is 11.5 Å². The van der Waals surface area contributed by atoms with Crippen LogP contribution >= 0.6 is 11.3 Å². The Bertz CT molecular complexity index is 2870. The molecule has 8 heterocycles. The molecule has 4 atom stereocenters. The number of anilines is 1. The highest BCUT2D eigenvalue weighted by Gasteiger charge is 2.48. The van der Waals surface area contributed by atoms with Crippen LogP contribution in [-0.4, -0.2) is 161 Å². The minimum atomic E-state index is -2.43. The van der Waals surface area contributed by atoms with E-state index in [9.17, 15) is 28.4 Å². The molecule has 3 aromatic heterocycles. The fourth-order valence-electron chi connectivity index (χ4n) is 11.6. The summed E-state index contributed by atoms with van der Waals surface area (Å²) in [6.45, 7) is 17.1. The van der Waals surface area contributed by atoms with E-state index in [1.54, 1.807) is 21.0 Å². The number of benzene rings is 1. The van der Waals surface area contributed by atoms with Crippen LogP contribution in [0.2, 0.25) is 0 Å². The topological polar surface area (TPSA) is 175 Å². The number of alkyl halides is 1. The lowest BCUT2D eigenvalue weighted by Crippen LogP contribution is -2.63. The number of carbonyl (C=O) groups excluding carboxylic acids is 5. The average molecular weight is 1060 g/mol. The van der Waals surface area contributed by atoms with Crippen molar-refractivity contribution in [2.24, 2.45) is 11.3 Å². The van der Waals surface area contributed by atoms with Gasteiger partial charge in [0.2, 0.25) is 5.91 Å². The Labute approximate surface area is 441 Å². The van der Waals surface area contributed by atoms with Crippen molar-refractivity contribution in [2.45, 2.75) is 122 Å². The number of carbonyl (C=O) groups is 5. The molecule has 0 spiro atoms. The summed E-state index contributed by atoms with van der Waals surface area (Å²) in [5, 5.41) is 7.92. The second-order valence-corrected chi connectivity index (χ2v) is 23.3. The summed E-state index contributed by atoms with van der Waals surface area (Å²) in [6.07, 6.45) is 4.08. The summed E-state index contributed by atoms with van der Waals surface area (Å²) in [6, 6.07) is 3.44. The van der Waals surface area contributed by atoms with E-state index < -0.39 is 83.4 Å². The van der Waals surface area contributed by atoms with Gasteiger partial charge in [-0.3, -0.25) is 34.0 Å². The number of likely N-dealkylation sites (N-methyl/N-ethyl adjacent to an activating group) is 2. The molecule has 20 heteroatoms. The molecule has 3 fully saturated rings. The number of piperidine rings is 1. The molecule has 3 saturated heterocycles. The molecule has 0 aliphatic carbocycles. The van der Waals surface area contributed by atoms with Crippen LogP contribution in [-0.2, 0) is 59.3 Å². The van der Waals surface area contributed by atoms with Crippen molar-refractivity contribution in [1.29, 1.82) is 0 Å². The monoisotopic (exact) mass is 1050 g/mol. The number of hydrogen-bond acceptors (Lipinski definition) is 13. The van der Waals surface area contributed by atoms with Crippen LogP contribution in [0.5, 0.6) is 0 Å². The van der Waals surface area contributed by atoms with Crippen LogP contribution in [0.1, 0.15) is 94.7 Å². The van der Waals surface area contributed by atoms with Gasteiger partial charge in [0.05, 0.1) is 52.2 Å². The van der Waals surface area contributed by atoms with Crippen LogP contribution in [0.3, 0.4) is 0 Å². The molecule has 1 aromatic carbocycles. The van der Waals surface area contributed by atoms with Crippen molar-refractivity contribution < 1.29 is 42.2 Å². The Kier molecular flexibility index (Phi) is 15.6. The number of cyclic esters (lactones) is 1. The van der Waals surface area contributed by atoms with E-state index in [0.29, 0.717) is 24.3 Å². The maximum absolute atomic E-state index is 16.5. The fraction of sp³-hybridized carbons (Fsp3) is 0.582. The zero-order valence-corrected chi connectivity index (χ0v) is 45.4. The highest BCUT2D eigenvalue weighted by atomic mass is 32.1. The molecule has 4 amide bonds. The van der Waals surface area contributed by atoms with Crippen LogP contribution in [0.25, 0.3) is 33.4 Å². The Morgan fingerprint density at radius 2 is 1.76 bits per heavy atom. The number of pyridine rings is 1. The zero-order valence-electron chi connectivity index (χ0n) is 44.6. The smallest absolute Gasteiger partial charge is 0.324 e. The quantitative estimate of drug-likeness (QED) is 0.137. The SMILES string of the molecule is C=C(F)C(=O)N1CCC(F)(C(=O)N(C)[C@H](C(=O)N[C@H]2Cc3nc(cs3)-c3cc4c5c(c3)c(c(-c3cc(N6CCN(C)CC6)cnc3[C@H](C)OC)n5CCC4)CC(C)(C)COC(=O)[C@@H]3CCCN(N3)C2=O)C(C)C)CC1. The molecule has 0 radical (unpaired) electrons. The largest absolute Gasteiger partial charge is 0.464 e. The Balaban J connectivity index is 1.10. The van der Waals surface area contributed by atoms with E-state index in [-0.39, 0.29) is 38.8 Å². The van der Waals surface area contributed by atoms with E-state index in [2.05, 4.69) is 70.8 Å². The van der Waals surface area contributed by atoms with E-state index in [4.69, 9.17) is 19.4 Å². The molecule has 17 nitrogen and oxygen atoms in total. The van der Waals surface area contributed by atoms with Crippen LogP contribution < -0.4 is 15.6 Å². The Hall–Kier alpha value is -5.83. The van der Waals surface area contributed by atoms with Crippen LogP contribution in [0.15, 0.2) is 42.2 Å². The van der Waals surface area contributed by atoms with Gasteiger partial charge in [-0.25, -0.2) is 19.2 Å². The number of aryl methyl sites for hydroxylation is 2. The Morgan fingerprint density at radius 1 is 1.03 bits per heavy atom. The predicted octanol–water partition coefficient (Wildman–Crippen LogP) is 6.18. The molecule has 4 aromatic rings. The summed E-state index contributed by atoms with van der Waals surface area (Å²) in [4.78, 5) is 86.9. The first-order valence-corrected chi connectivity index (χ1v) is 27.3. The molecule has 404 valence electrons. The number of esters is 1. The van der Waals surface area contributed by atoms with Gasteiger partial charge in [-0.05, 0) is 81.3 Å². The molecule has 9 rings (SSSR count). The first-order chi connectivity index (χ1) is 35.7. The van der Waals surface area contributed by atoms with E-state index in [1.807, 2.05) is 18.5 Å². The number of ether oxygens (including phenoxy) is 2. The maximum atomic E-state index is 16.5. The fourth-order valence-corrected chi connectivity index (χ4v) is 12.5. The predicted molar refractivity (Wildman–Crippen MR) is 283 cm³/mol. The molecular weight excluding hydrogens is 983 g/mol. The van der Waals surface area contributed by atoms with Crippen molar-refractivity contribution in [3.05, 3.63) is 64.0 Å². The van der Waals surface area contributed by atoms with E-state index in [0.717, 1.165) is 106 Å². The number of piperazine rings is 1. The molecule has 5 aliphatic heterocycles. The number of likely N-dealkylation sites (tertiary alicyclic amines) is 1. The highest BCUT2D eigenvalue weighted by molar-refractivity contribution is 7.10. The lowest BCUT2D eigenvalue weighted by atomic mass is 9.84. The number of hydrogen-bond donors (Lipinski definition) is 2. The summed E-state index contributed by atoms with van der Waals surface area (Å²) in [5.74, 6) is -5.29. The van der Waals surface area contributed by atoms with Gasteiger partial charge < -0.3 is 39.0 Å². The van der Waals surface area contributed by atoms with Crippen LogP contribution in [0.4, 0.5) is 14.5 Å². The standard InChI is InChI=1S/C55H72F2N10O7S/c1-32(2)46(63(8)53(72)55(57)14-18-65(19-15-55)50(69)33(3)56)49(68)60-42-27-44-59-43(30-75-44)36-24-35-12-10-16-66-47(35)38(25-36)40(28-54(5,6)31-74-52(71)41-13-11-17-67(61-41)51(42)70)48(66)39-26-37(29-58-45(39)34(4)73-9)64-22-20-62(7)21-23-64/h24-26,29-30,32,34,41-42,46,61H,3,10-23,27-28,31H2,1-2,4-9H3,(H,60,68)/t34-,41-,42-,46-/m0/s1. The van der Waals surface area contributed by atoms with Gasteiger partial charge in [0.25, 0.3) is 17.7 Å². The first-order valence-electron chi connectivity index (χ1n) is 26.4. The third-order valence-electron chi connectivity index (χ3n) is 15.9. The number of halogens is 2. The van der Waals surface area contributed by atoms with E-state index >= 15 is 4.39 Å². The number of nitrogens with one attached hydrogen (secondary N) is 2. The number of methoxy groups -OCH3 is 1. The molecule has 75 heavy (non-hydrogen) atoms.